The first-order chi connectivity index (χ1) is 27.2. The van der Waals surface area contributed by atoms with Gasteiger partial charge in [-0.3, -0.25) is 24.0 Å². The van der Waals surface area contributed by atoms with Crippen LogP contribution < -0.4 is 10.2 Å². The predicted molar refractivity (Wildman–Crippen MR) is 206 cm³/mol. The van der Waals surface area contributed by atoms with Gasteiger partial charge >= 0.3 is 18.2 Å². The van der Waals surface area contributed by atoms with E-state index in [0.29, 0.717) is 36.9 Å². The molecule has 2 aliphatic rings. The van der Waals surface area contributed by atoms with Gasteiger partial charge in [0.1, 0.15) is 11.2 Å². The molecule has 312 valence electrons. The number of imide groups is 1. The molecule has 18 heteroatoms. The largest absolute Gasteiger partial charge is 0.449 e. The Bertz CT molecular complexity index is 1910. The van der Waals surface area contributed by atoms with Gasteiger partial charge in [-0.1, -0.05) is 6.07 Å². The summed E-state index contributed by atoms with van der Waals surface area (Å²) in [5.74, 6) is -3.27. The van der Waals surface area contributed by atoms with E-state index in [0.717, 1.165) is 6.92 Å². The summed E-state index contributed by atoms with van der Waals surface area (Å²) in [6.07, 6.45) is -5.48. The van der Waals surface area contributed by atoms with E-state index in [1.807, 2.05) is 6.07 Å². The zero-order valence-corrected chi connectivity index (χ0v) is 34.0. The number of likely N-dealkylation sites (N-methyl/N-ethyl adjacent to an activating group) is 1. The molecule has 18 nitrogen and oxygen atoms in total. The SMILES string of the molecule is CC(=O)O[C@@H](C(=O)Nc1ccc(C#N)c(CN(C(=O)OC(C)(C)C)C(=O)OC(C)(C)C)c1)[C@H]1OCCN(c2cccc(C(=O)N(C)CC(=O)N3CCOCC3)c2)C1=O. The minimum absolute atomic E-state index is 0.0392. The number of carbonyl (C=O) groups excluding carboxylic acids is 7. The van der Waals surface area contributed by atoms with Gasteiger partial charge in [0.2, 0.25) is 12.0 Å². The van der Waals surface area contributed by atoms with Crippen molar-refractivity contribution in [3.63, 3.8) is 0 Å². The molecule has 2 aromatic carbocycles. The molecule has 0 aliphatic carbocycles. The molecule has 2 atom stereocenters. The van der Waals surface area contributed by atoms with Crippen molar-refractivity contribution in [3.8, 4) is 6.07 Å². The average molecular weight is 807 g/mol. The van der Waals surface area contributed by atoms with Crippen LogP contribution in [0.4, 0.5) is 21.0 Å². The Morgan fingerprint density at radius 2 is 1.57 bits per heavy atom. The Morgan fingerprint density at radius 1 is 0.931 bits per heavy atom. The van der Waals surface area contributed by atoms with Crippen LogP contribution in [0.25, 0.3) is 0 Å². The van der Waals surface area contributed by atoms with Crippen molar-refractivity contribution in [2.45, 2.75) is 78.4 Å². The molecule has 0 unspecified atom stereocenters. The van der Waals surface area contributed by atoms with Crippen LogP contribution in [-0.4, -0.2) is 133 Å². The number of nitrogens with zero attached hydrogens (tertiary/aromatic N) is 5. The van der Waals surface area contributed by atoms with E-state index in [-0.39, 0.29) is 48.0 Å². The molecule has 0 spiro atoms. The Labute approximate surface area is 336 Å². The van der Waals surface area contributed by atoms with Crippen LogP contribution in [0.1, 0.15) is 70.0 Å². The van der Waals surface area contributed by atoms with Crippen LogP contribution in [-0.2, 0) is 49.4 Å². The van der Waals surface area contributed by atoms with E-state index < -0.39 is 65.8 Å². The van der Waals surface area contributed by atoms with Crippen molar-refractivity contribution in [1.29, 1.82) is 5.26 Å². The lowest BCUT2D eigenvalue weighted by molar-refractivity contribution is -0.167. The van der Waals surface area contributed by atoms with Crippen LogP contribution in [0.5, 0.6) is 0 Å². The van der Waals surface area contributed by atoms with Crippen LogP contribution >= 0.6 is 0 Å². The number of rotatable bonds is 10. The Morgan fingerprint density at radius 3 is 2.16 bits per heavy atom. The highest BCUT2D eigenvalue weighted by Crippen LogP contribution is 2.26. The lowest BCUT2D eigenvalue weighted by Gasteiger charge is -2.35. The van der Waals surface area contributed by atoms with E-state index in [2.05, 4.69) is 5.32 Å². The number of hydrogen-bond acceptors (Lipinski definition) is 13. The van der Waals surface area contributed by atoms with Crippen molar-refractivity contribution in [2.24, 2.45) is 0 Å². The molecular weight excluding hydrogens is 756 g/mol. The fourth-order valence-electron chi connectivity index (χ4n) is 5.86. The third kappa shape index (κ3) is 12.2. The number of nitrogens with one attached hydrogen (secondary N) is 1. The number of hydrogen-bond donors (Lipinski definition) is 1. The fourth-order valence-corrected chi connectivity index (χ4v) is 5.86. The van der Waals surface area contributed by atoms with E-state index in [9.17, 15) is 38.8 Å². The fraction of sp³-hybridized carbons (Fsp3) is 0.500. The first-order valence-corrected chi connectivity index (χ1v) is 18.6. The third-order valence-corrected chi connectivity index (χ3v) is 8.49. The molecule has 58 heavy (non-hydrogen) atoms. The maximum Gasteiger partial charge on any atom is 0.420 e. The van der Waals surface area contributed by atoms with Crippen molar-refractivity contribution < 1.29 is 57.2 Å². The topological polar surface area (TPSA) is 214 Å². The first kappa shape index (κ1) is 44.7. The quantitative estimate of drug-likeness (QED) is 0.269. The van der Waals surface area contributed by atoms with E-state index in [1.54, 1.807) is 64.6 Å². The molecular formula is C40H50N6O12. The molecule has 1 N–H and O–H groups in total. The van der Waals surface area contributed by atoms with Crippen LogP contribution in [0.3, 0.4) is 0 Å². The van der Waals surface area contributed by atoms with Gasteiger partial charge in [-0.2, -0.15) is 5.26 Å². The summed E-state index contributed by atoms with van der Waals surface area (Å²) in [5, 5.41) is 12.5. The summed E-state index contributed by atoms with van der Waals surface area (Å²) in [6.45, 7) is 11.8. The Hall–Kier alpha value is -6.06. The maximum absolute atomic E-state index is 14.0. The molecule has 2 fully saturated rings. The number of ether oxygens (including phenoxy) is 5. The predicted octanol–water partition coefficient (Wildman–Crippen LogP) is 3.46. The van der Waals surface area contributed by atoms with Gasteiger partial charge in [-0.05, 0) is 83.5 Å². The van der Waals surface area contributed by atoms with Gasteiger partial charge in [0.25, 0.3) is 17.7 Å². The minimum atomic E-state index is -1.80. The number of esters is 1. The normalized spacial score (nSPS) is 16.3. The van der Waals surface area contributed by atoms with Gasteiger partial charge in [0.15, 0.2) is 6.10 Å². The van der Waals surface area contributed by atoms with Crippen LogP contribution in [0.2, 0.25) is 0 Å². The molecule has 2 aromatic rings. The second-order valence-corrected chi connectivity index (χ2v) is 15.5. The number of benzene rings is 2. The number of nitriles is 1. The second-order valence-electron chi connectivity index (χ2n) is 15.5. The van der Waals surface area contributed by atoms with Gasteiger partial charge < -0.3 is 43.7 Å². The molecule has 2 saturated heterocycles. The number of amides is 6. The molecule has 4 rings (SSSR count). The lowest BCUT2D eigenvalue weighted by atomic mass is 10.1. The number of anilines is 2. The van der Waals surface area contributed by atoms with E-state index in [4.69, 9.17) is 23.7 Å². The van der Waals surface area contributed by atoms with Gasteiger partial charge in [-0.15, -0.1) is 0 Å². The zero-order valence-electron chi connectivity index (χ0n) is 34.0. The van der Waals surface area contributed by atoms with Crippen molar-refractivity contribution >= 4 is 53.2 Å². The summed E-state index contributed by atoms with van der Waals surface area (Å²) in [4.78, 5) is 97.4. The summed E-state index contributed by atoms with van der Waals surface area (Å²) in [6, 6.07) is 12.2. The third-order valence-electron chi connectivity index (χ3n) is 8.49. The zero-order chi connectivity index (χ0) is 42.9. The molecule has 0 aromatic heterocycles. The molecule has 6 amide bonds. The summed E-state index contributed by atoms with van der Waals surface area (Å²) in [7, 11) is 1.50. The van der Waals surface area contributed by atoms with E-state index in [1.165, 1.54) is 41.1 Å². The molecule has 0 bridgehead atoms. The van der Waals surface area contributed by atoms with Crippen LogP contribution in [0.15, 0.2) is 42.5 Å². The summed E-state index contributed by atoms with van der Waals surface area (Å²) < 4.78 is 27.2. The molecule has 0 saturated carbocycles. The number of morpholine rings is 2. The first-order valence-electron chi connectivity index (χ1n) is 18.6. The van der Waals surface area contributed by atoms with Gasteiger partial charge in [0.05, 0.1) is 44.5 Å². The van der Waals surface area contributed by atoms with E-state index >= 15 is 0 Å². The van der Waals surface area contributed by atoms with Gasteiger partial charge in [0, 0.05) is 50.5 Å². The van der Waals surface area contributed by atoms with Crippen LogP contribution in [0, 0.1) is 11.3 Å². The highest BCUT2D eigenvalue weighted by Gasteiger charge is 2.43. The highest BCUT2D eigenvalue weighted by atomic mass is 16.6. The standard InChI is InChI=1S/C40H50N6O12/c1-25(47)56-32(34(49)42-29-13-12-27(22-41)28(20-29)23-46(37(52)57-39(2,3)4)38(53)58-40(5,6)7)33-36(51)45(16-19-55-33)30-11-9-10-26(21-30)35(50)43(8)24-31(48)44-14-17-54-18-15-44/h9-13,20-21,32-33H,14-19,23-24H2,1-8H3,(H,42,49)/t32-,33-/m1/s1. The van der Waals surface area contributed by atoms with Crippen molar-refractivity contribution in [1.82, 2.24) is 14.7 Å². The minimum Gasteiger partial charge on any atom is -0.449 e. The maximum atomic E-state index is 14.0. The summed E-state index contributed by atoms with van der Waals surface area (Å²) in [5.41, 5.74) is -1.21. The van der Waals surface area contributed by atoms with Crippen molar-refractivity contribution in [2.75, 3.05) is 63.3 Å². The Kier molecular flexibility index (Phi) is 14.6. The second kappa shape index (κ2) is 18.9. The number of carbonyl (C=O) groups is 7. The summed E-state index contributed by atoms with van der Waals surface area (Å²) >= 11 is 0. The average Bonchev–Trinajstić information content (AvgIpc) is 3.14. The monoisotopic (exact) mass is 806 g/mol. The highest BCUT2D eigenvalue weighted by molar-refractivity contribution is 6.05. The lowest BCUT2D eigenvalue weighted by Crippen LogP contribution is -2.56. The van der Waals surface area contributed by atoms with Gasteiger partial charge in [-0.25, -0.2) is 14.5 Å². The van der Waals surface area contributed by atoms with Crippen molar-refractivity contribution in [3.05, 3.63) is 59.2 Å². The molecule has 0 radical (unpaired) electrons. The smallest absolute Gasteiger partial charge is 0.420 e. The Balaban J connectivity index is 1.55. The molecule has 2 heterocycles. The molecule has 2 aliphatic heterocycles.